The zero-order valence-electron chi connectivity index (χ0n) is 17.8. The third-order valence-electron chi connectivity index (χ3n) is 5.06. The molecule has 2 aromatic rings. The van der Waals surface area contributed by atoms with Crippen LogP contribution in [-0.2, 0) is 27.2 Å². The van der Waals surface area contributed by atoms with Crippen LogP contribution in [0, 0.1) is 5.92 Å². The van der Waals surface area contributed by atoms with Gasteiger partial charge in [-0.2, -0.15) is 0 Å². The molecule has 1 fully saturated rings. The van der Waals surface area contributed by atoms with Gasteiger partial charge in [-0.25, -0.2) is 0 Å². The van der Waals surface area contributed by atoms with E-state index in [2.05, 4.69) is 15.5 Å². The van der Waals surface area contributed by atoms with E-state index in [9.17, 15) is 9.59 Å². The normalized spacial score (nSPS) is 18.9. The molecule has 2 amide bonds. The molecular formula is C22H31N3O5S. The van der Waals surface area contributed by atoms with E-state index in [1.807, 2.05) is 36.7 Å². The highest BCUT2D eigenvalue weighted by molar-refractivity contribution is 7.10. The van der Waals surface area contributed by atoms with Crippen molar-refractivity contribution in [2.75, 3.05) is 26.7 Å². The van der Waals surface area contributed by atoms with E-state index < -0.39 is 0 Å². The number of carboxylic acid groups (broad SMARTS) is 1. The van der Waals surface area contributed by atoms with E-state index in [0.29, 0.717) is 13.0 Å². The minimum absolute atomic E-state index is 0.0344. The lowest BCUT2D eigenvalue weighted by atomic mass is 10.0. The highest BCUT2D eigenvalue weighted by Gasteiger charge is 2.27. The molecule has 8 nitrogen and oxygen atoms in total. The second-order valence-corrected chi connectivity index (χ2v) is 8.63. The molecule has 1 saturated heterocycles. The van der Waals surface area contributed by atoms with Gasteiger partial charge in [-0.1, -0.05) is 6.07 Å². The summed E-state index contributed by atoms with van der Waals surface area (Å²) in [7, 11) is 2.01. The highest BCUT2D eigenvalue weighted by atomic mass is 32.1. The summed E-state index contributed by atoms with van der Waals surface area (Å²) in [5, 5.41) is 15.1. The van der Waals surface area contributed by atoms with Crippen LogP contribution in [-0.4, -0.2) is 61.0 Å². The summed E-state index contributed by atoms with van der Waals surface area (Å²) < 4.78 is 5.31. The van der Waals surface area contributed by atoms with Crippen LogP contribution in [0.15, 0.2) is 40.3 Å². The standard InChI is InChI=1S/C21H29N3O3S.CH2O2/c1-24-14-16(21(26)22-10-2-5-18-6-3-11-27-18)8-9-17(15-24)23-20(25)13-19-7-4-12-28-19;2-1-3/h3-4,6-7,11-12,16-17H,2,5,8-10,13-15H2,1H3,(H,22,26)(H,23,25);1H,(H,2,3)/t16-,17+;/m1./s1. The van der Waals surface area contributed by atoms with E-state index >= 15 is 0 Å². The lowest BCUT2D eigenvalue weighted by molar-refractivity contribution is -0.125. The maximum atomic E-state index is 12.6. The van der Waals surface area contributed by atoms with Crippen LogP contribution in [0.4, 0.5) is 0 Å². The number of rotatable bonds is 8. The van der Waals surface area contributed by atoms with Gasteiger partial charge < -0.3 is 25.1 Å². The topological polar surface area (TPSA) is 112 Å². The average molecular weight is 450 g/mol. The number of hydrogen-bond donors (Lipinski definition) is 3. The number of carbonyl (C=O) groups is 3. The number of carbonyl (C=O) groups excluding carboxylic acids is 2. The number of nitrogens with one attached hydrogen (secondary N) is 2. The van der Waals surface area contributed by atoms with Crippen molar-refractivity contribution in [2.45, 2.75) is 38.1 Å². The van der Waals surface area contributed by atoms with Crippen molar-refractivity contribution in [1.29, 1.82) is 0 Å². The van der Waals surface area contributed by atoms with Crippen molar-refractivity contribution in [2.24, 2.45) is 5.92 Å². The van der Waals surface area contributed by atoms with E-state index in [0.717, 1.165) is 49.4 Å². The maximum Gasteiger partial charge on any atom is 0.290 e. The fourth-order valence-corrected chi connectivity index (χ4v) is 4.37. The van der Waals surface area contributed by atoms with Crippen molar-refractivity contribution in [3.05, 3.63) is 46.5 Å². The first-order valence-electron chi connectivity index (χ1n) is 10.4. The third kappa shape index (κ3) is 9.35. The largest absolute Gasteiger partial charge is 0.483 e. The van der Waals surface area contributed by atoms with Crippen LogP contribution in [0.5, 0.6) is 0 Å². The Morgan fingerprint density at radius 1 is 1.29 bits per heavy atom. The van der Waals surface area contributed by atoms with Crippen molar-refractivity contribution in [3.63, 3.8) is 0 Å². The minimum Gasteiger partial charge on any atom is -0.483 e. The van der Waals surface area contributed by atoms with Gasteiger partial charge in [0.25, 0.3) is 6.47 Å². The van der Waals surface area contributed by atoms with Gasteiger partial charge >= 0.3 is 0 Å². The number of likely N-dealkylation sites (N-methyl/N-ethyl adjacent to an activating group) is 1. The fraction of sp³-hybridized carbons (Fsp3) is 0.500. The van der Waals surface area contributed by atoms with Gasteiger partial charge in [0, 0.05) is 37.0 Å². The first-order valence-corrected chi connectivity index (χ1v) is 11.3. The summed E-state index contributed by atoms with van der Waals surface area (Å²) in [6.07, 6.45) is 5.41. The van der Waals surface area contributed by atoms with Crippen LogP contribution in [0.25, 0.3) is 0 Å². The van der Waals surface area contributed by atoms with Crippen molar-refractivity contribution >= 4 is 29.6 Å². The third-order valence-corrected chi connectivity index (χ3v) is 5.93. The Hall–Kier alpha value is -2.65. The quantitative estimate of drug-likeness (QED) is 0.421. The molecule has 3 N–H and O–H groups in total. The van der Waals surface area contributed by atoms with Crippen LogP contribution >= 0.6 is 11.3 Å². The lowest BCUT2D eigenvalue weighted by Gasteiger charge is -2.21. The Bertz CT molecular complexity index is 779. The van der Waals surface area contributed by atoms with Crippen molar-refractivity contribution < 1.29 is 23.9 Å². The van der Waals surface area contributed by atoms with Crippen LogP contribution in [0.3, 0.4) is 0 Å². The predicted octanol–water partition coefficient (Wildman–Crippen LogP) is 2.16. The Morgan fingerprint density at radius 3 is 2.77 bits per heavy atom. The first kappa shape index (κ1) is 24.6. The molecule has 1 aliphatic heterocycles. The summed E-state index contributed by atoms with van der Waals surface area (Å²) in [6.45, 7) is 1.90. The highest BCUT2D eigenvalue weighted by Crippen LogP contribution is 2.17. The minimum atomic E-state index is -0.250. The summed E-state index contributed by atoms with van der Waals surface area (Å²) >= 11 is 1.60. The van der Waals surface area contributed by atoms with E-state index in [-0.39, 0.29) is 30.2 Å². The SMILES string of the molecule is CN1C[C@@H](NC(=O)Cc2cccs2)CC[C@@H](C(=O)NCCCc2ccco2)C1.O=CO. The molecule has 0 bridgehead atoms. The molecule has 0 saturated carbocycles. The molecule has 0 radical (unpaired) electrons. The van der Waals surface area contributed by atoms with Gasteiger partial charge in [-0.3, -0.25) is 14.4 Å². The smallest absolute Gasteiger partial charge is 0.290 e. The number of nitrogens with zero attached hydrogens (tertiary/aromatic N) is 1. The first-order chi connectivity index (χ1) is 15.0. The number of aryl methyl sites for hydroxylation is 1. The molecule has 170 valence electrons. The maximum absolute atomic E-state index is 12.6. The van der Waals surface area contributed by atoms with Gasteiger partial charge in [-0.15, -0.1) is 11.3 Å². The molecule has 0 aliphatic carbocycles. The number of likely N-dealkylation sites (tertiary alicyclic amines) is 1. The fourth-order valence-electron chi connectivity index (χ4n) is 3.67. The summed E-state index contributed by atoms with van der Waals surface area (Å²) in [4.78, 5) is 36.4. The summed E-state index contributed by atoms with van der Waals surface area (Å²) in [5.74, 6) is 1.08. The molecule has 9 heteroatoms. The molecular weight excluding hydrogens is 418 g/mol. The lowest BCUT2D eigenvalue weighted by Crippen LogP contribution is -2.42. The van der Waals surface area contributed by atoms with Gasteiger partial charge in [0.1, 0.15) is 5.76 Å². The van der Waals surface area contributed by atoms with E-state index in [4.69, 9.17) is 14.3 Å². The number of amides is 2. The Kier molecular flexibility index (Phi) is 10.8. The zero-order valence-corrected chi connectivity index (χ0v) is 18.6. The predicted molar refractivity (Wildman–Crippen MR) is 119 cm³/mol. The Morgan fingerprint density at radius 2 is 2.10 bits per heavy atom. The molecule has 0 aromatic carbocycles. The van der Waals surface area contributed by atoms with Crippen molar-refractivity contribution in [3.8, 4) is 0 Å². The molecule has 3 rings (SSSR count). The molecule has 0 spiro atoms. The summed E-state index contributed by atoms with van der Waals surface area (Å²) in [5.41, 5.74) is 0. The Balaban J connectivity index is 0.00000107. The number of hydrogen-bond acceptors (Lipinski definition) is 6. The number of furan rings is 1. The average Bonchev–Trinajstić information content (AvgIpc) is 3.39. The molecule has 2 atom stereocenters. The molecule has 1 aliphatic rings. The molecule has 3 heterocycles. The van der Waals surface area contributed by atoms with Gasteiger partial charge in [0.15, 0.2) is 0 Å². The zero-order chi connectivity index (χ0) is 22.5. The molecule has 31 heavy (non-hydrogen) atoms. The molecule has 0 unspecified atom stereocenters. The van der Waals surface area contributed by atoms with Gasteiger partial charge in [0.2, 0.25) is 11.8 Å². The van der Waals surface area contributed by atoms with Crippen LogP contribution in [0.2, 0.25) is 0 Å². The van der Waals surface area contributed by atoms with Crippen LogP contribution < -0.4 is 10.6 Å². The van der Waals surface area contributed by atoms with Crippen LogP contribution in [0.1, 0.15) is 29.9 Å². The van der Waals surface area contributed by atoms with Gasteiger partial charge in [-0.05, 0) is 49.9 Å². The number of thiophene rings is 1. The Labute approximate surface area is 186 Å². The van der Waals surface area contributed by atoms with E-state index in [1.165, 1.54) is 0 Å². The monoisotopic (exact) mass is 449 g/mol. The second kappa shape index (κ2) is 13.6. The van der Waals surface area contributed by atoms with Crippen molar-refractivity contribution in [1.82, 2.24) is 15.5 Å². The summed E-state index contributed by atoms with van der Waals surface area (Å²) in [6, 6.07) is 7.87. The second-order valence-electron chi connectivity index (χ2n) is 7.60. The van der Waals surface area contributed by atoms with E-state index in [1.54, 1.807) is 17.6 Å². The molecule has 2 aromatic heterocycles. The van der Waals surface area contributed by atoms with Gasteiger partial charge in [0.05, 0.1) is 18.6 Å².